The van der Waals surface area contributed by atoms with Crippen LogP contribution in [0, 0.1) is 12.7 Å². The molecule has 0 spiro atoms. The van der Waals surface area contributed by atoms with E-state index in [4.69, 9.17) is 4.79 Å². The van der Waals surface area contributed by atoms with E-state index < -0.39 is 17.8 Å². The van der Waals surface area contributed by atoms with Crippen LogP contribution in [0.4, 0.5) is 19.0 Å². The van der Waals surface area contributed by atoms with Gasteiger partial charge in [0, 0.05) is 36.1 Å². The Balaban J connectivity index is 0.00000120. The molecule has 0 unspecified atom stereocenters. The van der Waals surface area contributed by atoms with Crippen molar-refractivity contribution in [3.63, 3.8) is 0 Å². The zero-order valence-corrected chi connectivity index (χ0v) is 21.8. The van der Waals surface area contributed by atoms with Crippen LogP contribution >= 0.6 is 0 Å². The molecule has 0 bridgehead atoms. The smallest absolute Gasteiger partial charge is 0.266 e. The molecule has 0 aliphatic carbocycles. The van der Waals surface area contributed by atoms with Gasteiger partial charge in [-0.05, 0) is 39.2 Å². The highest BCUT2D eigenvalue weighted by Crippen LogP contribution is 2.24. The number of carbonyl (C=O) groups is 1. The fraction of sp³-hybridized carbons (Fsp3) is 0.444. The molecule has 9 heteroatoms. The number of nitrogens with one attached hydrogen (secondary N) is 1. The summed E-state index contributed by atoms with van der Waals surface area (Å²) in [6, 6.07) is 4.06. The first-order valence-electron chi connectivity index (χ1n) is 12.3. The standard InChI is InChI=1S/C24H29F3N4.C2H6.CH3NO/c1-4-9-18(31-12-6-7-13-31)14-20-21(5-2)29-16(3)30-24(20)28-15-17-10-8-11-19(22(17)25)23(26)27;1-2;2-1-3/h5,8-11,14,23H,4,6-7,12-13,15H2,1-3H3,(H,28,29,30);1-2H3;1H,(H2,2,3)/b18-9-,20-14+,21-5+;;. The lowest BCUT2D eigenvalue weighted by Crippen LogP contribution is -2.34. The number of primary amides is 1. The van der Waals surface area contributed by atoms with E-state index >= 15 is 0 Å². The molecule has 198 valence electrons. The van der Waals surface area contributed by atoms with Crippen LogP contribution in [0.1, 0.15) is 70.3 Å². The highest BCUT2D eigenvalue weighted by molar-refractivity contribution is 5.54. The predicted octanol–water partition coefficient (Wildman–Crippen LogP) is 4.57. The summed E-state index contributed by atoms with van der Waals surface area (Å²) in [5.41, 5.74) is 4.87. The van der Waals surface area contributed by atoms with Gasteiger partial charge in [-0.15, -0.1) is 0 Å². The molecule has 1 aromatic carbocycles. The Kier molecular flexibility index (Phi) is 13.9. The maximum atomic E-state index is 14.5. The maximum absolute atomic E-state index is 14.5. The largest absolute Gasteiger partial charge is 0.372 e. The van der Waals surface area contributed by atoms with E-state index in [1.165, 1.54) is 12.1 Å². The van der Waals surface area contributed by atoms with Crippen molar-refractivity contribution in [2.75, 3.05) is 18.4 Å². The normalized spacial score (nSPS) is 14.2. The first kappa shape index (κ1) is 30.7. The Bertz CT molecular complexity index is 1110. The molecule has 0 radical (unpaired) electrons. The molecule has 36 heavy (non-hydrogen) atoms. The Morgan fingerprint density at radius 2 is 1.86 bits per heavy atom. The van der Waals surface area contributed by atoms with Gasteiger partial charge < -0.3 is 16.0 Å². The van der Waals surface area contributed by atoms with E-state index in [1.807, 2.05) is 26.8 Å². The molecule has 1 fully saturated rings. The van der Waals surface area contributed by atoms with E-state index in [-0.39, 0.29) is 18.5 Å². The van der Waals surface area contributed by atoms with Gasteiger partial charge in [0.25, 0.3) is 6.43 Å². The zero-order chi connectivity index (χ0) is 27.1. The zero-order valence-electron chi connectivity index (χ0n) is 21.8. The third-order valence-corrected chi connectivity index (χ3v) is 5.33. The Hall–Kier alpha value is -3.36. The van der Waals surface area contributed by atoms with Gasteiger partial charge in [-0.1, -0.05) is 51.1 Å². The third kappa shape index (κ3) is 8.70. The van der Waals surface area contributed by atoms with E-state index in [0.717, 1.165) is 54.7 Å². The molecule has 3 rings (SSSR count). The first-order chi connectivity index (χ1) is 17.4. The number of benzene rings is 1. The Labute approximate surface area is 211 Å². The predicted molar refractivity (Wildman–Crippen MR) is 140 cm³/mol. The van der Waals surface area contributed by atoms with Crippen molar-refractivity contribution in [3.8, 4) is 0 Å². The molecule has 3 N–H and O–H groups in total. The maximum Gasteiger partial charge on any atom is 0.266 e. The van der Waals surface area contributed by atoms with Gasteiger partial charge in [0.2, 0.25) is 6.41 Å². The summed E-state index contributed by atoms with van der Waals surface area (Å²) in [5.74, 6) is 0.257. The number of anilines is 1. The lowest BCUT2D eigenvalue weighted by atomic mass is 10.1. The van der Waals surface area contributed by atoms with Crippen LogP contribution in [-0.2, 0) is 11.3 Å². The highest BCUT2D eigenvalue weighted by atomic mass is 19.3. The number of aryl methyl sites for hydroxylation is 1. The van der Waals surface area contributed by atoms with Crippen LogP contribution in [-0.4, -0.2) is 34.4 Å². The lowest BCUT2D eigenvalue weighted by molar-refractivity contribution is -0.106. The number of halogens is 3. The van der Waals surface area contributed by atoms with Crippen LogP contribution in [0.25, 0.3) is 12.2 Å². The number of hydrogen-bond acceptors (Lipinski definition) is 5. The highest BCUT2D eigenvalue weighted by Gasteiger charge is 2.17. The van der Waals surface area contributed by atoms with Crippen molar-refractivity contribution in [1.82, 2.24) is 14.9 Å². The second-order valence-corrected chi connectivity index (χ2v) is 7.69. The van der Waals surface area contributed by atoms with Crippen LogP contribution in [0.3, 0.4) is 0 Å². The number of hydrogen-bond donors (Lipinski definition) is 2. The SMILES string of the molecule is C/C=c1/nc(C)nc(NCc2cccc(C(F)F)c2F)/c1=C/C(=C/CC)N1CCCC1.CC.NC=O. The molecule has 6 nitrogen and oxygen atoms in total. The van der Waals surface area contributed by atoms with E-state index in [2.05, 4.69) is 45.0 Å². The van der Waals surface area contributed by atoms with Crippen molar-refractivity contribution in [2.24, 2.45) is 5.73 Å². The van der Waals surface area contributed by atoms with Crippen molar-refractivity contribution >= 4 is 24.4 Å². The number of carbonyl (C=O) groups excluding carboxylic acids is 1. The average molecular weight is 506 g/mol. The van der Waals surface area contributed by atoms with Gasteiger partial charge in [0.05, 0.1) is 10.9 Å². The summed E-state index contributed by atoms with van der Waals surface area (Å²) in [7, 11) is 0. The fourth-order valence-corrected chi connectivity index (χ4v) is 3.80. The Morgan fingerprint density at radius 1 is 1.22 bits per heavy atom. The monoisotopic (exact) mass is 505 g/mol. The van der Waals surface area contributed by atoms with Crippen LogP contribution in [0.5, 0.6) is 0 Å². The molecule has 0 saturated carbocycles. The lowest BCUT2D eigenvalue weighted by Gasteiger charge is -2.19. The Morgan fingerprint density at radius 3 is 2.42 bits per heavy atom. The fourth-order valence-electron chi connectivity index (χ4n) is 3.80. The third-order valence-electron chi connectivity index (χ3n) is 5.33. The van der Waals surface area contributed by atoms with Crippen molar-refractivity contribution in [3.05, 3.63) is 63.3 Å². The number of allylic oxidation sites excluding steroid dienone is 2. The minimum atomic E-state index is -2.85. The summed E-state index contributed by atoms with van der Waals surface area (Å²) in [5, 5.41) is 4.74. The summed E-state index contributed by atoms with van der Waals surface area (Å²) >= 11 is 0. The molecule has 0 atom stereocenters. The number of nitrogens with two attached hydrogens (primary N) is 1. The molecule has 1 amide bonds. The molecule has 2 heterocycles. The molecule has 1 aliphatic heterocycles. The van der Waals surface area contributed by atoms with Gasteiger partial charge in [0.15, 0.2) is 0 Å². The molecular formula is C27H38F3N5O. The summed E-state index contributed by atoms with van der Waals surface area (Å²) in [4.78, 5) is 20.0. The van der Waals surface area contributed by atoms with Gasteiger partial charge >= 0.3 is 0 Å². The van der Waals surface area contributed by atoms with E-state index in [1.54, 1.807) is 6.92 Å². The number of likely N-dealkylation sites (tertiary alicyclic amines) is 1. The van der Waals surface area contributed by atoms with Gasteiger partial charge in [-0.3, -0.25) is 4.79 Å². The number of alkyl halides is 2. The van der Waals surface area contributed by atoms with E-state index in [0.29, 0.717) is 11.6 Å². The first-order valence-corrected chi connectivity index (χ1v) is 12.3. The number of nitrogens with zero attached hydrogens (tertiary/aromatic N) is 3. The molecule has 1 saturated heterocycles. The summed E-state index contributed by atoms with van der Waals surface area (Å²) < 4.78 is 40.6. The molecule has 1 aromatic heterocycles. The topological polar surface area (TPSA) is 84.1 Å². The summed E-state index contributed by atoms with van der Waals surface area (Å²) in [6.07, 6.45) is 6.78. The second-order valence-electron chi connectivity index (χ2n) is 7.69. The van der Waals surface area contributed by atoms with Crippen LogP contribution in [0.15, 0.2) is 30.0 Å². The van der Waals surface area contributed by atoms with Gasteiger partial charge in [-0.25, -0.2) is 23.1 Å². The second kappa shape index (κ2) is 16.3. The minimum absolute atomic E-state index is 0.0450. The number of aromatic nitrogens is 2. The van der Waals surface area contributed by atoms with Crippen LogP contribution < -0.4 is 21.6 Å². The summed E-state index contributed by atoms with van der Waals surface area (Å²) in [6.45, 7) is 11.9. The van der Waals surface area contributed by atoms with Gasteiger partial charge in [-0.2, -0.15) is 0 Å². The van der Waals surface area contributed by atoms with Crippen molar-refractivity contribution < 1.29 is 18.0 Å². The number of amides is 1. The quantitative estimate of drug-likeness (QED) is 0.539. The average Bonchev–Trinajstić information content (AvgIpc) is 3.40. The van der Waals surface area contributed by atoms with Gasteiger partial charge in [0.1, 0.15) is 17.5 Å². The van der Waals surface area contributed by atoms with Crippen LogP contribution in [0.2, 0.25) is 0 Å². The van der Waals surface area contributed by atoms with Crippen molar-refractivity contribution in [1.29, 1.82) is 0 Å². The molecular weight excluding hydrogens is 467 g/mol. The minimum Gasteiger partial charge on any atom is -0.372 e. The van der Waals surface area contributed by atoms with E-state index in [9.17, 15) is 13.2 Å². The number of rotatable bonds is 7. The molecule has 2 aromatic rings. The van der Waals surface area contributed by atoms with Crippen molar-refractivity contribution in [2.45, 2.75) is 66.9 Å². The molecule has 1 aliphatic rings.